The summed E-state index contributed by atoms with van der Waals surface area (Å²) in [7, 11) is 0. The highest BCUT2D eigenvalue weighted by atomic mass is 32.2. The number of aromatic nitrogens is 2. The van der Waals surface area contributed by atoms with E-state index in [1.165, 1.54) is 0 Å². The molecule has 0 saturated carbocycles. The summed E-state index contributed by atoms with van der Waals surface area (Å²) in [6.45, 7) is 2.59. The van der Waals surface area contributed by atoms with E-state index in [2.05, 4.69) is 20.8 Å². The highest BCUT2D eigenvalue weighted by Crippen LogP contribution is 2.14. The minimum atomic E-state index is -0.504. The number of nitrogens with one attached hydrogen (secondary N) is 2. The summed E-state index contributed by atoms with van der Waals surface area (Å²) in [6.07, 6.45) is 0.806. The van der Waals surface area contributed by atoms with Crippen LogP contribution in [0.25, 0.3) is 0 Å². The largest absolute Gasteiger partial charge is 0.415 e. The molecule has 0 unspecified atom stereocenters. The lowest BCUT2D eigenvalue weighted by atomic mass is 10.5. The first-order chi connectivity index (χ1) is 8.65. The number of hydrogen-bond acceptors (Lipinski definition) is 7. The van der Waals surface area contributed by atoms with Crippen molar-refractivity contribution in [3.8, 4) is 0 Å². The summed E-state index contributed by atoms with van der Waals surface area (Å²) < 4.78 is 5.09. The zero-order valence-corrected chi connectivity index (χ0v) is 10.7. The van der Waals surface area contributed by atoms with Crippen LogP contribution in [0.5, 0.6) is 0 Å². The van der Waals surface area contributed by atoms with E-state index in [1.807, 2.05) is 6.92 Å². The monoisotopic (exact) mass is 273 g/mol. The molecule has 1 aromatic heterocycles. The number of nitrogens with zero attached hydrogens (tertiary/aromatic N) is 2. The SMILES string of the molecule is CCCNC(=O)NC(=O)CSc1nnc(CN)o1. The molecule has 0 atom stereocenters. The van der Waals surface area contributed by atoms with E-state index in [9.17, 15) is 9.59 Å². The molecule has 1 heterocycles. The molecular weight excluding hydrogens is 258 g/mol. The number of hydrogen-bond donors (Lipinski definition) is 3. The van der Waals surface area contributed by atoms with Gasteiger partial charge in [-0.3, -0.25) is 10.1 Å². The van der Waals surface area contributed by atoms with Crippen molar-refractivity contribution in [2.75, 3.05) is 12.3 Å². The molecular formula is C9H15N5O3S. The Morgan fingerprint density at radius 1 is 1.44 bits per heavy atom. The van der Waals surface area contributed by atoms with Crippen molar-refractivity contribution in [1.29, 1.82) is 0 Å². The van der Waals surface area contributed by atoms with Gasteiger partial charge in [0.2, 0.25) is 11.8 Å². The molecule has 8 nitrogen and oxygen atoms in total. The van der Waals surface area contributed by atoms with Crippen molar-refractivity contribution in [1.82, 2.24) is 20.8 Å². The molecule has 18 heavy (non-hydrogen) atoms. The van der Waals surface area contributed by atoms with Crippen molar-refractivity contribution in [3.63, 3.8) is 0 Å². The van der Waals surface area contributed by atoms with Crippen LogP contribution in [-0.4, -0.2) is 34.4 Å². The van der Waals surface area contributed by atoms with E-state index in [4.69, 9.17) is 10.2 Å². The Balaban J connectivity index is 2.26. The van der Waals surface area contributed by atoms with Crippen LogP contribution in [0.15, 0.2) is 9.64 Å². The third kappa shape index (κ3) is 5.15. The quantitative estimate of drug-likeness (QED) is 0.616. The minimum Gasteiger partial charge on any atom is -0.415 e. The Kier molecular flexibility index (Phi) is 6.15. The number of nitrogens with two attached hydrogens (primary N) is 1. The molecule has 0 saturated heterocycles. The molecule has 4 N–H and O–H groups in total. The fraction of sp³-hybridized carbons (Fsp3) is 0.556. The summed E-state index contributed by atoms with van der Waals surface area (Å²) in [5.74, 6) is -0.106. The second kappa shape index (κ2) is 7.67. The first-order valence-electron chi connectivity index (χ1n) is 5.38. The van der Waals surface area contributed by atoms with E-state index in [1.54, 1.807) is 0 Å². The first kappa shape index (κ1) is 14.5. The summed E-state index contributed by atoms with van der Waals surface area (Å²) in [6, 6.07) is -0.504. The van der Waals surface area contributed by atoms with Crippen LogP contribution in [-0.2, 0) is 11.3 Å². The van der Waals surface area contributed by atoms with Crippen LogP contribution in [0.1, 0.15) is 19.2 Å². The molecule has 0 aliphatic heterocycles. The van der Waals surface area contributed by atoms with Crippen LogP contribution < -0.4 is 16.4 Å². The van der Waals surface area contributed by atoms with Crippen LogP contribution in [0, 0.1) is 0 Å². The fourth-order valence-electron chi connectivity index (χ4n) is 0.952. The minimum absolute atomic E-state index is 0.0196. The normalized spacial score (nSPS) is 10.1. The fourth-order valence-corrected chi connectivity index (χ4v) is 1.53. The maximum Gasteiger partial charge on any atom is 0.321 e. The van der Waals surface area contributed by atoms with E-state index < -0.39 is 11.9 Å². The van der Waals surface area contributed by atoms with Gasteiger partial charge in [-0.1, -0.05) is 18.7 Å². The molecule has 3 amide bonds. The molecule has 0 bridgehead atoms. The molecule has 0 aliphatic carbocycles. The van der Waals surface area contributed by atoms with Crippen LogP contribution in [0.2, 0.25) is 0 Å². The van der Waals surface area contributed by atoms with Crippen LogP contribution >= 0.6 is 11.8 Å². The molecule has 1 aromatic rings. The lowest BCUT2D eigenvalue weighted by molar-refractivity contribution is -0.117. The van der Waals surface area contributed by atoms with Gasteiger partial charge in [0.05, 0.1) is 12.3 Å². The van der Waals surface area contributed by atoms with Crippen LogP contribution in [0.4, 0.5) is 4.79 Å². The Bertz CT molecular complexity index is 409. The predicted molar refractivity (Wildman–Crippen MR) is 64.7 cm³/mol. The van der Waals surface area contributed by atoms with Gasteiger partial charge in [0.15, 0.2) is 0 Å². The predicted octanol–water partition coefficient (Wildman–Crippen LogP) is -0.144. The highest BCUT2D eigenvalue weighted by molar-refractivity contribution is 7.99. The average molecular weight is 273 g/mol. The van der Waals surface area contributed by atoms with Crippen molar-refractivity contribution < 1.29 is 14.0 Å². The van der Waals surface area contributed by atoms with E-state index in [-0.39, 0.29) is 17.5 Å². The Labute approximate surface area is 108 Å². The Morgan fingerprint density at radius 2 is 2.22 bits per heavy atom. The molecule has 9 heteroatoms. The molecule has 0 aromatic carbocycles. The topological polar surface area (TPSA) is 123 Å². The Hall–Kier alpha value is -1.61. The van der Waals surface area contributed by atoms with Crippen molar-refractivity contribution in [2.24, 2.45) is 5.73 Å². The van der Waals surface area contributed by atoms with Gasteiger partial charge in [-0.2, -0.15) is 0 Å². The van der Waals surface area contributed by atoms with E-state index in [0.717, 1.165) is 18.2 Å². The van der Waals surface area contributed by atoms with Gasteiger partial charge in [-0.25, -0.2) is 4.79 Å². The van der Waals surface area contributed by atoms with E-state index >= 15 is 0 Å². The first-order valence-corrected chi connectivity index (χ1v) is 6.37. The molecule has 1 rings (SSSR count). The number of thioether (sulfide) groups is 1. The number of carbonyl (C=O) groups excluding carboxylic acids is 2. The zero-order valence-electron chi connectivity index (χ0n) is 9.93. The van der Waals surface area contributed by atoms with Crippen molar-refractivity contribution in [3.05, 3.63) is 5.89 Å². The number of carbonyl (C=O) groups is 2. The standard InChI is InChI=1S/C9H15N5O3S/c1-2-3-11-8(16)12-6(15)5-18-9-14-13-7(4-10)17-9/h2-5,10H2,1H3,(H2,11,12,15,16). The molecule has 100 valence electrons. The number of rotatable bonds is 6. The molecule has 0 fully saturated rings. The van der Waals surface area contributed by atoms with Gasteiger partial charge < -0.3 is 15.5 Å². The molecule has 0 radical (unpaired) electrons. The maximum absolute atomic E-state index is 11.4. The van der Waals surface area contributed by atoms with Gasteiger partial charge in [-0.05, 0) is 6.42 Å². The number of amides is 3. The number of imide groups is 1. The lowest BCUT2D eigenvalue weighted by Crippen LogP contribution is -2.40. The lowest BCUT2D eigenvalue weighted by Gasteiger charge is -2.03. The van der Waals surface area contributed by atoms with Crippen molar-refractivity contribution >= 4 is 23.7 Å². The van der Waals surface area contributed by atoms with Gasteiger partial charge in [-0.15, -0.1) is 10.2 Å². The van der Waals surface area contributed by atoms with Gasteiger partial charge in [0, 0.05) is 6.54 Å². The maximum atomic E-state index is 11.4. The highest BCUT2D eigenvalue weighted by Gasteiger charge is 2.10. The van der Waals surface area contributed by atoms with Gasteiger partial charge in [0.25, 0.3) is 5.22 Å². The van der Waals surface area contributed by atoms with Crippen molar-refractivity contribution in [2.45, 2.75) is 25.1 Å². The second-order valence-corrected chi connectivity index (χ2v) is 4.19. The summed E-state index contributed by atoms with van der Waals surface area (Å²) in [4.78, 5) is 22.5. The third-order valence-corrected chi connectivity index (χ3v) is 2.56. The zero-order chi connectivity index (χ0) is 13.4. The smallest absolute Gasteiger partial charge is 0.321 e. The van der Waals surface area contributed by atoms with E-state index in [0.29, 0.717) is 12.4 Å². The molecule has 0 spiro atoms. The van der Waals surface area contributed by atoms with Crippen LogP contribution in [0.3, 0.4) is 0 Å². The van der Waals surface area contributed by atoms with Gasteiger partial charge >= 0.3 is 6.03 Å². The Morgan fingerprint density at radius 3 is 2.83 bits per heavy atom. The molecule has 0 aliphatic rings. The summed E-state index contributed by atoms with van der Waals surface area (Å²) in [5.41, 5.74) is 5.29. The second-order valence-electron chi connectivity index (χ2n) is 3.26. The average Bonchev–Trinajstić information content (AvgIpc) is 2.82. The summed E-state index contributed by atoms with van der Waals surface area (Å²) in [5, 5.41) is 12.3. The van der Waals surface area contributed by atoms with Gasteiger partial charge in [0.1, 0.15) is 0 Å². The third-order valence-electron chi connectivity index (χ3n) is 1.74. The summed E-state index contributed by atoms with van der Waals surface area (Å²) >= 11 is 1.04. The number of urea groups is 1.